The third kappa shape index (κ3) is 8.28. The molecule has 3 rings (SSSR count). The fraction of sp³-hybridized carbons (Fsp3) is 0.429. The van der Waals surface area contributed by atoms with Crippen molar-refractivity contribution in [3.63, 3.8) is 0 Å². The van der Waals surface area contributed by atoms with E-state index in [1.54, 1.807) is 13.1 Å². The van der Waals surface area contributed by atoms with E-state index in [0.29, 0.717) is 19.0 Å². The summed E-state index contributed by atoms with van der Waals surface area (Å²) in [5.41, 5.74) is 2.48. The van der Waals surface area contributed by atoms with Crippen molar-refractivity contribution in [2.24, 2.45) is 4.99 Å². The fourth-order valence-electron chi connectivity index (χ4n) is 3.24. The van der Waals surface area contributed by atoms with Crippen molar-refractivity contribution in [3.8, 4) is 0 Å². The van der Waals surface area contributed by atoms with Crippen LogP contribution in [-0.4, -0.2) is 70.7 Å². The maximum absolute atomic E-state index is 12.2. The van der Waals surface area contributed by atoms with Crippen LogP contribution in [0.4, 0.5) is 0 Å². The highest BCUT2D eigenvalue weighted by Crippen LogP contribution is 2.13. The molecule has 1 aromatic heterocycles. The summed E-state index contributed by atoms with van der Waals surface area (Å²) in [6.07, 6.45) is 2.86. The molecule has 176 valence electrons. The number of guanidine groups is 1. The van der Waals surface area contributed by atoms with Crippen molar-refractivity contribution in [1.82, 2.24) is 25.2 Å². The molecule has 32 heavy (non-hydrogen) atoms. The van der Waals surface area contributed by atoms with E-state index in [9.17, 15) is 8.42 Å². The number of hydrogen-bond donors (Lipinski definition) is 3. The summed E-state index contributed by atoms with van der Waals surface area (Å²) < 4.78 is 32.4. The second-order valence-corrected chi connectivity index (χ2v) is 8.86. The lowest BCUT2D eigenvalue weighted by atomic mass is 10.1. The molecule has 1 saturated heterocycles. The smallest absolute Gasteiger partial charge is 0.242 e. The van der Waals surface area contributed by atoms with Crippen LogP contribution in [0.5, 0.6) is 0 Å². The molecule has 1 aromatic carbocycles. The van der Waals surface area contributed by atoms with E-state index in [1.165, 1.54) is 29.6 Å². The first-order chi connectivity index (χ1) is 15.1. The van der Waals surface area contributed by atoms with E-state index in [-0.39, 0.29) is 35.4 Å². The lowest BCUT2D eigenvalue weighted by molar-refractivity contribution is 0.0341. The third-order valence-electron chi connectivity index (χ3n) is 4.94. The van der Waals surface area contributed by atoms with E-state index in [0.717, 1.165) is 32.8 Å². The number of nitrogens with one attached hydrogen (secondary N) is 3. The summed E-state index contributed by atoms with van der Waals surface area (Å²) in [6, 6.07) is 11.4. The van der Waals surface area contributed by atoms with E-state index < -0.39 is 10.0 Å². The van der Waals surface area contributed by atoms with E-state index in [1.807, 2.05) is 6.07 Å². The predicted octanol–water partition coefficient (Wildman–Crippen LogP) is 1.18. The number of morpholine rings is 1. The number of pyridine rings is 1. The van der Waals surface area contributed by atoms with Crippen LogP contribution >= 0.6 is 24.0 Å². The number of ether oxygens (including phenoxy) is 1. The number of aliphatic imine (C=N–C) groups is 1. The van der Waals surface area contributed by atoms with Crippen LogP contribution in [0.25, 0.3) is 0 Å². The first-order valence-electron chi connectivity index (χ1n) is 10.3. The Kier molecular flexibility index (Phi) is 11.3. The lowest BCUT2D eigenvalue weighted by Crippen LogP contribution is -2.41. The molecule has 1 aliphatic heterocycles. The van der Waals surface area contributed by atoms with Crippen LogP contribution in [-0.2, 0) is 27.8 Å². The molecule has 9 nitrogen and oxygen atoms in total. The Hall–Kier alpha value is -1.80. The minimum absolute atomic E-state index is 0. The second kappa shape index (κ2) is 13.7. The van der Waals surface area contributed by atoms with Crippen LogP contribution in [0.2, 0.25) is 0 Å². The maximum atomic E-state index is 12.2. The number of rotatable bonds is 9. The summed E-state index contributed by atoms with van der Waals surface area (Å²) >= 11 is 0. The van der Waals surface area contributed by atoms with Gasteiger partial charge in [0.1, 0.15) is 4.90 Å². The Balaban J connectivity index is 0.00000363. The molecule has 2 heterocycles. The van der Waals surface area contributed by atoms with Crippen molar-refractivity contribution in [2.45, 2.75) is 18.0 Å². The van der Waals surface area contributed by atoms with Crippen molar-refractivity contribution >= 4 is 40.0 Å². The summed E-state index contributed by atoms with van der Waals surface area (Å²) in [6.45, 7) is 5.59. The highest BCUT2D eigenvalue weighted by Gasteiger charge is 2.14. The van der Waals surface area contributed by atoms with E-state index >= 15 is 0 Å². The molecule has 2 aromatic rings. The van der Waals surface area contributed by atoms with Gasteiger partial charge in [-0.25, -0.2) is 13.1 Å². The largest absolute Gasteiger partial charge is 0.379 e. The van der Waals surface area contributed by atoms with Gasteiger partial charge in [0.25, 0.3) is 0 Å². The van der Waals surface area contributed by atoms with Crippen LogP contribution in [0.3, 0.4) is 0 Å². The van der Waals surface area contributed by atoms with Gasteiger partial charge >= 0.3 is 0 Å². The molecule has 0 aliphatic carbocycles. The first-order valence-corrected chi connectivity index (χ1v) is 11.8. The summed E-state index contributed by atoms with van der Waals surface area (Å²) in [5, 5.41) is 6.44. The van der Waals surface area contributed by atoms with Gasteiger partial charge in [0.2, 0.25) is 10.0 Å². The molecular formula is C21H31IN6O3S. The Morgan fingerprint density at radius 2 is 1.84 bits per heavy atom. The second-order valence-electron chi connectivity index (χ2n) is 7.10. The molecule has 0 spiro atoms. The van der Waals surface area contributed by atoms with Crippen LogP contribution in [0.15, 0.2) is 58.7 Å². The number of aromatic nitrogens is 1. The third-order valence-corrected chi connectivity index (χ3v) is 6.39. The monoisotopic (exact) mass is 574 g/mol. The average molecular weight is 574 g/mol. The number of hydrogen-bond acceptors (Lipinski definition) is 6. The van der Waals surface area contributed by atoms with Crippen LogP contribution < -0.4 is 15.4 Å². The van der Waals surface area contributed by atoms with Gasteiger partial charge in [-0.05, 0) is 23.3 Å². The van der Waals surface area contributed by atoms with E-state index in [4.69, 9.17) is 4.74 Å². The lowest BCUT2D eigenvalue weighted by Gasteiger charge is -2.27. The molecule has 1 fully saturated rings. The Labute approximate surface area is 207 Å². The van der Waals surface area contributed by atoms with Gasteiger partial charge in [-0.15, -0.1) is 24.0 Å². The summed E-state index contributed by atoms with van der Waals surface area (Å²) in [7, 11) is -1.88. The molecule has 0 bridgehead atoms. The molecule has 0 atom stereocenters. The number of halogens is 1. The maximum Gasteiger partial charge on any atom is 0.242 e. The van der Waals surface area contributed by atoms with Gasteiger partial charge in [-0.3, -0.25) is 14.9 Å². The zero-order chi connectivity index (χ0) is 21.9. The SMILES string of the molecule is CN=C(NCCNS(=O)(=O)c1cccnc1)NCc1ccccc1CN1CCOCC1.I. The van der Waals surface area contributed by atoms with Crippen molar-refractivity contribution in [1.29, 1.82) is 0 Å². The quantitative estimate of drug-likeness (QED) is 0.179. The first kappa shape index (κ1) is 26.5. The van der Waals surface area contributed by atoms with Gasteiger partial charge in [0, 0.05) is 58.7 Å². The topological polar surface area (TPSA) is 108 Å². The Morgan fingerprint density at radius 3 is 2.53 bits per heavy atom. The minimum atomic E-state index is -3.57. The average Bonchev–Trinajstić information content (AvgIpc) is 2.81. The molecule has 11 heteroatoms. The van der Waals surface area contributed by atoms with Gasteiger partial charge in [-0.1, -0.05) is 24.3 Å². The standard InChI is InChI=1S/C21H30N6O3S.HI/c1-22-21(24-9-10-26-31(28,29)20-7-4-8-23-16-20)25-15-18-5-2-3-6-19(18)17-27-11-13-30-14-12-27;/h2-8,16,26H,9-15,17H2,1H3,(H2,22,24,25);1H. The van der Waals surface area contributed by atoms with Crippen molar-refractivity contribution in [2.75, 3.05) is 46.4 Å². The minimum Gasteiger partial charge on any atom is -0.379 e. The number of sulfonamides is 1. The molecule has 3 N–H and O–H groups in total. The fourth-order valence-corrected chi connectivity index (χ4v) is 4.23. The predicted molar refractivity (Wildman–Crippen MR) is 136 cm³/mol. The van der Waals surface area contributed by atoms with Gasteiger partial charge < -0.3 is 15.4 Å². The van der Waals surface area contributed by atoms with Crippen molar-refractivity contribution in [3.05, 3.63) is 59.9 Å². The van der Waals surface area contributed by atoms with Crippen molar-refractivity contribution < 1.29 is 13.2 Å². The zero-order valence-corrected chi connectivity index (χ0v) is 21.3. The molecule has 0 saturated carbocycles. The van der Waals surface area contributed by atoms with Gasteiger partial charge in [0.05, 0.1) is 13.2 Å². The molecule has 0 amide bonds. The number of benzene rings is 1. The summed E-state index contributed by atoms with van der Waals surface area (Å²) in [5.74, 6) is 0.613. The van der Waals surface area contributed by atoms with Crippen LogP contribution in [0.1, 0.15) is 11.1 Å². The number of nitrogens with zero attached hydrogens (tertiary/aromatic N) is 3. The highest BCUT2D eigenvalue weighted by atomic mass is 127. The normalized spacial score (nSPS) is 15.1. The van der Waals surface area contributed by atoms with Gasteiger partial charge in [0.15, 0.2) is 5.96 Å². The Bertz CT molecular complexity index is 953. The van der Waals surface area contributed by atoms with E-state index in [2.05, 4.69) is 48.4 Å². The zero-order valence-electron chi connectivity index (χ0n) is 18.2. The summed E-state index contributed by atoms with van der Waals surface area (Å²) in [4.78, 5) is 10.6. The van der Waals surface area contributed by atoms with Crippen LogP contribution in [0, 0.1) is 0 Å². The molecule has 0 unspecified atom stereocenters. The molecule has 0 radical (unpaired) electrons. The van der Waals surface area contributed by atoms with Gasteiger partial charge in [-0.2, -0.15) is 0 Å². The molecular weight excluding hydrogens is 543 g/mol. The molecule has 1 aliphatic rings. The highest BCUT2D eigenvalue weighted by molar-refractivity contribution is 14.0. The Morgan fingerprint density at radius 1 is 1.09 bits per heavy atom.